The average Bonchev–Trinajstić information content (AvgIpc) is 1.61. The van der Waals surface area contributed by atoms with Crippen LogP contribution in [0.1, 0.15) is 15.3 Å². The van der Waals surface area contributed by atoms with E-state index in [1.54, 1.807) is 0 Å². The Hall–Kier alpha value is -0.460. The standard InChI is InChI=1S/C5H11N.H2/c1-3-5-6-4-2;/h3,5-6H,4H2,1-2H3;1H/b5-3-;. The van der Waals surface area contributed by atoms with Crippen LogP contribution in [-0.4, -0.2) is 6.54 Å². The van der Waals surface area contributed by atoms with Crippen molar-refractivity contribution >= 4 is 0 Å². The fraction of sp³-hybridized carbons (Fsp3) is 0.600. The SMILES string of the molecule is C/C=C\NCC.[HH]. The molecule has 0 aromatic carbocycles. The van der Waals surface area contributed by atoms with Gasteiger partial charge in [0.2, 0.25) is 0 Å². The number of hydrogen-bond acceptors (Lipinski definition) is 1. The summed E-state index contributed by atoms with van der Waals surface area (Å²) in [5.41, 5.74) is 0. The molecule has 1 N–H and O–H groups in total. The molecule has 0 aromatic heterocycles. The van der Waals surface area contributed by atoms with Crippen molar-refractivity contribution in [2.75, 3.05) is 6.54 Å². The molecule has 0 saturated heterocycles. The first kappa shape index (κ1) is 5.54. The molecule has 0 heterocycles. The number of rotatable bonds is 2. The summed E-state index contributed by atoms with van der Waals surface area (Å²) in [6.45, 7) is 5.08. The second-order valence-corrected chi connectivity index (χ2v) is 1.06. The molecule has 0 spiro atoms. The van der Waals surface area contributed by atoms with E-state index in [0.717, 1.165) is 6.54 Å². The molecule has 0 atom stereocenters. The van der Waals surface area contributed by atoms with Crippen LogP contribution in [0.25, 0.3) is 0 Å². The molecule has 1 heteroatoms. The number of nitrogens with one attached hydrogen (secondary N) is 1. The maximum absolute atomic E-state index is 3.02. The predicted octanol–water partition coefficient (Wildman–Crippen LogP) is 1.38. The van der Waals surface area contributed by atoms with Gasteiger partial charge < -0.3 is 5.32 Å². The molecular weight excluding hydrogens is 74.1 g/mol. The Balaban J connectivity index is 0. The topological polar surface area (TPSA) is 12.0 Å². The summed E-state index contributed by atoms with van der Waals surface area (Å²) in [7, 11) is 0. The van der Waals surface area contributed by atoms with Crippen LogP contribution in [0.2, 0.25) is 0 Å². The Morgan fingerprint density at radius 3 is 2.67 bits per heavy atom. The van der Waals surface area contributed by atoms with Gasteiger partial charge in [-0.1, -0.05) is 6.08 Å². The van der Waals surface area contributed by atoms with Gasteiger partial charge in [0.05, 0.1) is 0 Å². The summed E-state index contributed by atoms with van der Waals surface area (Å²) in [5, 5.41) is 3.02. The lowest BCUT2D eigenvalue weighted by molar-refractivity contribution is 0.917. The number of allylic oxidation sites excluding steroid dienone is 1. The molecule has 0 rings (SSSR count). The van der Waals surface area contributed by atoms with Crippen LogP contribution < -0.4 is 5.32 Å². The van der Waals surface area contributed by atoms with Gasteiger partial charge in [-0.2, -0.15) is 0 Å². The van der Waals surface area contributed by atoms with Crippen LogP contribution in [0, 0.1) is 0 Å². The van der Waals surface area contributed by atoms with E-state index in [9.17, 15) is 0 Å². The van der Waals surface area contributed by atoms with Gasteiger partial charge in [-0.15, -0.1) is 0 Å². The molecule has 0 radical (unpaired) electrons. The first-order valence-electron chi connectivity index (χ1n) is 2.26. The highest BCUT2D eigenvalue weighted by molar-refractivity contribution is 4.72. The minimum absolute atomic E-state index is 0. The fourth-order valence-electron chi connectivity index (χ4n) is 0.236. The van der Waals surface area contributed by atoms with E-state index in [1.807, 2.05) is 19.2 Å². The van der Waals surface area contributed by atoms with Crippen LogP contribution in [0.3, 0.4) is 0 Å². The molecule has 6 heavy (non-hydrogen) atoms. The summed E-state index contributed by atoms with van der Waals surface area (Å²) in [5.74, 6) is 0. The zero-order chi connectivity index (χ0) is 4.83. The summed E-state index contributed by atoms with van der Waals surface area (Å²) in [6, 6.07) is 0. The molecule has 0 aliphatic heterocycles. The monoisotopic (exact) mass is 87.1 g/mol. The third kappa shape index (κ3) is 3.54. The van der Waals surface area contributed by atoms with Gasteiger partial charge in [0.1, 0.15) is 0 Å². The van der Waals surface area contributed by atoms with E-state index in [4.69, 9.17) is 0 Å². The summed E-state index contributed by atoms with van der Waals surface area (Å²) in [6.07, 6.45) is 3.91. The number of hydrogen-bond donors (Lipinski definition) is 1. The van der Waals surface area contributed by atoms with Crippen LogP contribution >= 0.6 is 0 Å². The van der Waals surface area contributed by atoms with Crippen molar-refractivity contribution in [1.29, 1.82) is 0 Å². The van der Waals surface area contributed by atoms with E-state index < -0.39 is 0 Å². The second-order valence-electron chi connectivity index (χ2n) is 1.06. The highest BCUT2D eigenvalue weighted by atomic mass is 14.8. The van der Waals surface area contributed by atoms with Crippen molar-refractivity contribution < 1.29 is 1.43 Å². The quantitative estimate of drug-likeness (QED) is 0.536. The Labute approximate surface area is 40.5 Å². The molecule has 0 aliphatic rings. The van der Waals surface area contributed by atoms with Gasteiger partial charge >= 0.3 is 0 Å². The maximum Gasteiger partial charge on any atom is 0.0112 e. The molecule has 0 amide bonds. The third-order valence-electron chi connectivity index (χ3n) is 0.489. The van der Waals surface area contributed by atoms with E-state index in [2.05, 4.69) is 12.2 Å². The van der Waals surface area contributed by atoms with Crippen LogP contribution in [0.4, 0.5) is 0 Å². The van der Waals surface area contributed by atoms with Crippen LogP contribution in [-0.2, 0) is 0 Å². The molecule has 0 aliphatic carbocycles. The zero-order valence-electron chi connectivity index (χ0n) is 4.36. The Morgan fingerprint density at radius 2 is 2.50 bits per heavy atom. The van der Waals surface area contributed by atoms with E-state index in [-0.39, 0.29) is 1.43 Å². The smallest absolute Gasteiger partial charge is 0.0112 e. The lowest BCUT2D eigenvalue weighted by Gasteiger charge is -1.85. The predicted molar refractivity (Wildman–Crippen MR) is 30.6 cm³/mol. The van der Waals surface area contributed by atoms with Gasteiger partial charge in [-0.25, -0.2) is 0 Å². The van der Waals surface area contributed by atoms with Crippen LogP contribution in [0.15, 0.2) is 12.3 Å². The van der Waals surface area contributed by atoms with Crippen molar-refractivity contribution in [2.45, 2.75) is 13.8 Å². The van der Waals surface area contributed by atoms with E-state index in [1.165, 1.54) is 0 Å². The third-order valence-corrected chi connectivity index (χ3v) is 0.489. The van der Waals surface area contributed by atoms with Gasteiger partial charge in [-0.05, 0) is 20.0 Å². The van der Waals surface area contributed by atoms with E-state index >= 15 is 0 Å². The highest BCUT2D eigenvalue weighted by Crippen LogP contribution is 1.58. The van der Waals surface area contributed by atoms with Gasteiger partial charge in [-0.3, -0.25) is 0 Å². The normalized spacial score (nSPS) is 9.67. The Morgan fingerprint density at radius 1 is 1.83 bits per heavy atom. The van der Waals surface area contributed by atoms with Crippen molar-refractivity contribution in [3.8, 4) is 0 Å². The molecule has 0 aromatic rings. The summed E-state index contributed by atoms with van der Waals surface area (Å²) < 4.78 is 0. The minimum atomic E-state index is 0. The fourth-order valence-corrected chi connectivity index (χ4v) is 0.236. The molecule has 0 fully saturated rings. The van der Waals surface area contributed by atoms with Crippen molar-refractivity contribution in [2.24, 2.45) is 0 Å². The molecule has 0 unspecified atom stereocenters. The van der Waals surface area contributed by atoms with E-state index in [0.29, 0.717) is 0 Å². The van der Waals surface area contributed by atoms with Crippen molar-refractivity contribution in [1.82, 2.24) is 5.32 Å². The average molecular weight is 87.2 g/mol. The lowest BCUT2D eigenvalue weighted by Crippen LogP contribution is -2.00. The first-order valence-corrected chi connectivity index (χ1v) is 2.26. The van der Waals surface area contributed by atoms with Gasteiger partial charge in [0.25, 0.3) is 0 Å². The highest BCUT2D eigenvalue weighted by Gasteiger charge is 1.58. The molecule has 0 bridgehead atoms. The summed E-state index contributed by atoms with van der Waals surface area (Å²) >= 11 is 0. The molecule has 1 nitrogen and oxygen atoms in total. The molecular formula is C5H13N. The van der Waals surface area contributed by atoms with Gasteiger partial charge in [0, 0.05) is 7.97 Å². The lowest BCUT2D eigenvalue weighted by atomic mass is 10.6. The molecule has 38 valence electrons. The van der Waals surface area contributed by atoms with Crippen molar-refractivity contribution in [3.05, 3.63) is 12.3 Å². The largest absolute Gasteiger partial charge is 0.391 e. The Kier molecular flexibility index (Phi) is 4.19. The van der Waals surface area contributed by atoms with Crippen molar-refractivity contribution in [3.63, 3.8) is 0 Å². The maximum atomic E-state index is 3.02. The van der Waals surface area contributed by atoms with Gasteiger partial charge in [0.15, 0.2) is 0 Å². The molecule has 0 saturated carbocycles. The van der Waals surface area contributed by atoms with Crippen LogP contribution in [0.5, 0.6) is 0 Å². The second kappa shape index (κ2) is 4.54. The summed E-state index contributed by atoms with van der Waals surface area (Å²) in [4.78, 5) is 0. The minimum Gasteiger partial charge on any atom is -0.391 e. The Bertz CT molecular complexity index is 43.3. The first-order chi connectivity index (χ1) is 2.91. The zero-order valence-corrected chi connectivity index (χ0v) is 4.36.